The van der Waals surface area contributed by atoms with Crippen LogP contribution in [0.25, 0.3) is 11.0 Å². The van der Waals surface area contributed by atoms with Gasteiger partial charge < -0.3 is 4.57 Å². The molecule has 11 heteroatoms. The van der Waals surface area contributed by atoms with Gasteiger partial charge in [-0.15, -0.1) is 0 Å². The van der Waals surface area contributed by atoms with Crippen LogP contribution in [0, 0.1) is 0 Å². The molecule has 212 valence electrons. The fraction of sp³-hybridized carbons (Fsp3) is 0.731. The summed E-state index contributed by atoms with van der Waals surface area (Å²) in [7, 11) is -8.47. The van der Waals surface area contributed by atoms with Gasteiger partial charge >= 0.3 is 0 Å². The van der Waals surface area contributed by atoms with E-state index < -0.39 is 26.0 Å². The van der Waals surface area contributed by atoms with Crippen LogP contribution in [0.15, 0.2) is 28.3 Å². The molecule has 0 aliphatic rings. The lowest BCUT2D eigenvalue weighted by Gasteiger charge is -2.09. The van der Waals surface area contributed by atoms with E-state index in [1.165, 1.54) is 95.2 Å². The number of thioether (sulfide) groups is 1. The predicted octanol–water partition coefficient (Wildman–Crippen LogP) is 7.13. The fourth-order valence-electron chi connectivity index (χ4n) is 4.43. The van der Waals surface area contributed by atoms with Gasteiger partial charge in [0.15, 0.2) is 5.16 Å². The number of unbranched alkanes of at least 4 members (excludes halogenated alkanes) is 13. The molecule has 0 saturated carbocycles. The summed E-state index contributed by atoms with van der Waals surface area (Å²) in [5.41, 5.74) is 1.08. The zero-order valence-electron chi connectivity index (χ0n) is 22.1. The van der Waals surface area contributed by atoms with Crippen LogP contribution in [0.5, 0.6) is 0 Å². The van der Waals surface area contributed by atoms with E-state index >= 15 is 0 Å². The number of imidazole rings is 1. The Morgan fingerprint density at radius 3 is 1.84 bits per heavy atom. The summed E-state index contributed by atoms with van der Waals surface area (Å²) in [6.45, 7) is 2.51. The van der Waals surface area contributed by atoms with E-state index in [-0.39, 0.29) is 17.9 Å². The number of nitrogens with zero attached hydrogens (tertiary/aromatic N) is 2. The van der Waals surface area contributed by atoms with Crippen LogP contribution < -0.4 is 0 Å². The number of fused-ring (bicyclic) bond motifs is 1. The van der Waals surface area contributed by atoms with E-state index in [4.69, 9.17) is 4.55 Å². The van der Waals surface area contributed by atoms with Crippen LogP contribution in [-0.4, -0.2) is 47.0 Å². The average molecular weight is 577 g/mol. The minimum atomic E-state index is -4.37. The van der Waals surface area contributed by atoms with Gasteiger partial charge in [-0.1, -0.05) is 102 Å². The van der Waals surface area contributed by atoms with Crippen molar-refractivity contribution < 1.29 is 25.9 Å². The molecule has 1 heterocycles. The van der Waals surface area contributed by atoms with Crippen molar-refractivity contribution in [3.8, 4) is 0 Å². The molecule has 0 aliphatic carbocycles. The molecule has 0 unspecified atom stereocenters. The molecule has 2 N–H and O–H groups in total. The molecule has 8 nitrogen and oxygen atoms in total. The number of rotatable bonds is 21. The molecule has 0 aliphatic heterocycles. The van der Waals surface area contributed by atoms with Gasteiger partial charge in [0.1, 0.15) is 0 Å². The molecule has 1 aromatic carbocycles. The molecule has 0 amide bonds. The van der Waals surface area contributed by atoms with E-state index in [0.29, 0.717) is 16.2 Å². The van der Waals surface area contributed by atoms with Crippen LogP contribution in [0.4, 0.5) is 0 Å². The van der Waals surface area contributed by atoms with Crippen LogP contribution in [0.3, 0.4) is 0 Å². The van der Waals surface area contributed by atoms with Gasteiger partial charge in [-0.2, -0.15) is 16.8 Å². The second-order valence-electron chi connectivity index (χ2n) is 9.76. The maximum absolute atomic E-state index is 11.6. The van der Waals surface area contributed by atoms with E-state index in [2.05, 4.69) is 11.9 Å². The van der Waals surface area contributed by atoms with Crippen LogP contribution in [0.2, 0.25) is 0 Å². The van der Waals surface area contributed by atoms with E-state index in [0.717, 1.165) is 18.6 Å². The minimum Gasteiger partial charge on any atom is -0.319 e. The molecule has 0 spiro atoms. The average Bonchev–Trinajstić information content (AvgIpc) is 3.17. The number of hydrogen-bond acceptors (Lipinski definition) is 6. The van der Waals surface area contributed by atoms with Crippen molar-refractivity contribution in [2.45, 2.75) is 120 Å². The Morgan fingerprint density at radius 2 is 1.32 bits per heavy atom. The van der Waals surface area contributed by atoms with Crippen molar-refractivity contribution in [2.24, 2.45) is 0 Å². The highest BCUT2D eigenvalue weighted by Gasteiger charge is 2.17. The Labute approximate surface area is 227 Å². The third-order valence-corrected chi connectivity index (χ3v) is 9.21. The molecule has 37 heavy (non-hydrogen) atoms. The minimum absolute atomic E-state index is 0.160. The largest absolute Gasteiger partial charge is 0.319 e. The van der Waals surface area contributed by atoms with Gasteiger partial charge in [0.05, 0.1) is 21.7 Å². The fourth-order valence-corrected chi connectivity index (χ4v) is 6.47. The Bertz CT molecular complexity index is 1150. The first-order valence-corrected chi connectivity index (χ1v) is 17.7. The molecule has 0 bridgehead atoms. The van der Waals surface area contributed by atoms with Gasteiger partial charge in [0.25, 0.3) is 20.2 Å². The zero-order chi connectivity index (χ0) is 27.2. The smallest absolute Gasteiger partial charge is 0.294 e. The normalized spacial score (nSPS) is 12.5. The number of hydrogen-bond donors (Lipinski definition) is 2. The summed E-state index contributed by atoms with van der Waals surface area (Å²) in [6.07, 6.45) is 18.3. The Balaban J connectivity index is 1.75. The Kier molecular flexibility index (Phi) is 14.5. The lowest BCUT2D eigenvalue weighted by atomic mass is 10.0. The van der Waals surface area contributed by atoms with Crippen LogP contribution in [0.1, 0.15) is 103 Å². The number of aryl methyl sites for hydroxylation is 1. The van der Waals surface area contributed by atoms with Crippen molar-refractivity contribution in [2.75, 3.05) is 11.5 Å². The third-order valence-electron chi connectivity index (χ3n) is 6.50. The van der Waals surface area contributed by atoms with Gasteiger partial charge in [-0.3, -0.25) is 9.11 Å². The summed E-state index contributed by atoms with van der Waals surface area (Å²) >= 11 is 1.56. The molecular formula is C26H44N2O6S3. The summed E-state index contributed by atoms with van der Waals surface area (Å²) < 4.78 is 65.7. The predicted molar refractivity (Wildman–Crippen MR) is 152 cm³/mol. The molecule has 2 aromatic rings. The lowest BCUT2D eigenvalue weighted by Crippen LogP contribution is -2.09. The van der Waals surface area contributed by atoms with Crippen molar-refractivity contribution >= 4 is 43.0 Å². The van der Waals surface area contributed by atoms with Crippen molar-refractivity contribution in [1.29, 1.82) is 0 Å². The monoisotopic (exact) mass is 576 g/mol. The molecule has 0 fully saturated rings. The van der Waals surface area contributed by atoms with Gasteiger partial charge in [-0.05, 0) is 31.0 Å². The van der Waals surface area contributed by atoms with Gasteiger partial charge in [0, 0.05) is 12.3 Å². The Morgan fingerprint density at radius 1 is 0.784 bits per heavy atom. The van der Waals surface area contributed by atoms with Gasteiger partial charge in [0.2, 0.25) is 0 Å². The quantitative estimate of drug-likeness (QED) is 0.0912. The Hall–Kier alpha value is -1.14. The third kappa shape index (κ3) is 13.0. The number of benzene rings is 1. The summed E-state index contributed by atoms with van der Waals surface area (Å²) in [4.78, 5) is 4.36. The molecule has 1 aromatic heterocycles. The first-order valence-electron chi connectivity index (χ1n) is 13.7. The van der Waals surface area contributed by atoms with E-state index in [1.54, 1.807) is 16.3 Å². The highest BCUT2D eigenvalue weighted by atomic mass is 32.2. The topological polar surface area (TPSA) is 127 Å². The molecule has 0 radical (unpaired) electrons. The highest BCUT2D eigenvalue weighted by molar-refractivity contribution is 7.99. The van der Waals surface area contributed by atoms with Gasteiger partial charge in [-0.25, -0.2) is 4.98 Å². The summed E-state index contributed by atoms with van der Waals surface area (Å²) in [5, 5.41) is 0.674. The summed E-state index contributed by atoms with van der Waals surface area (Å²) in [6, 6.07) is 4.19. The second kappa shape index (κ2) is 16.7. The first kappa shape index (κ1) is 32.1. The SMILES string of the molecule is CCCCCCCCCCCCCCCCSc1nc2ccc(S(=O)(=O)O)cc2n1CCCS(=O)(=O)O. The summed E-state index contributed by atoms with van der Waals surface area (Å²) in [5.74, 6) is 0.457. The maximum Gasteiger partial charge on any atom is 0.294 e. The van der Waals surface area contributed by atoms with E-state index in [9.17, 15) is 21.4 Å². The highest BCUT2D eigenvalue weighted by Crippen LogP contribution is 2.27. The maximum atomic E-state index is 11.6. The first-order chi connectivity index (χ1) is 17.6. The molecule has 0 atom stereocenters. The zero-order valence-corrected chi connectivity index (χ0v) is 24.6. The van der Waals surface area contributed by atoms with Crippen molar-refractivity contribution in [3.63, 3.8) is 0 Å². The van der Waals surface area contributed by atoms with Crippen molar-refractivity contribution in [3.05, 3.63) is 18.2 Å². The second-order valence-corrected chi connectivity index (χ2v) is 13.8. The van der Waals surface area contributed by atoms with E-state index in [1.807, 2.05) is 0 Å². The lowest BCUT2D eigenvalue weighted by molar-refractivity contribution is 0.477. The molecule has 0 saturated heterocycles. The van der Waals surface area contributed by atoms with Crippen LogP contribution in [-0.2, 0) is 26.8 Å². The van der Waals surface area contributed by atoms with Crippen molar-refractivity contribution in [1.82, 2.24) is 9.55 Å². The van der Waals surface area contributed by atoms with Crippen LogP contribution >= 0.6 is 11.8 Å². The molecule has 2 rings (SSSR count). The number of aromatic nitrogens is 2. The molecular weight excluding hydrogens is 532 g/mol. The standard InChI is InChI=1S/C26H44N2O6S3/c1-2-3-4-5-6-7-8-9-10-11-12-13-14-15-20-35-26-27-24-18-17-23(37(32,33)34)22-25(24)28(26)19-16-21-36(29,30)31/h17-18,22H,2-16,19-21H2,1H3,(H,29,30,31)(H,32,33,34).